The zero-order valence-electron chi connectivity index (χ0n) is 17.9. The quantitative estimate of drug-likeness (QED) is 0.340. The van der Waals surface area contributed by atoms with Crippen LogP contribution in [0.15, 0.2) is 46.3 Å². The van der Waals surface area contributed by atoms with E-state index < -0.39 is 5.97 Å². The highest BCUT2D eigenvalue weighted by Crippen LogP contribution is 2.38. The smallest absolute Gasteiger partial charge is 0.335 e. The van der Waals surface area contributed by atoms with Gasteiger partial charge in [-0.1, -0.05) is 0 Å². The van der Waals surface area contributed by atoms with Crippen molar-refractivity contribution < 1.29 is 24.2 Å². The number of carboxylic acid groups (broad SMARTS) is 1. The van der Waals surface area contributed by atoms with Gasteiger partial charge in [0.15, 0.2) is 16.7 Å². The summed E-state index contributed by atoms with van der Waals surface area (Å²) in [7, 11) is 0. The number of aliphatic imine (C=N–C) groups is 1. The molecule has 1 amide bonds. The molecule has 9 heteroatoms. The predicted octanol–water partition coefficient (Wildman–Crippen LogP) is 5.41. The largest absolute Gasteiger partial charge is 0.490 e. The molecule has 2 aromatic rings. The first-order valence-corrected chi connectivity index (χ1v) is 12.0. The third-order valence-corrected chi connectivity index (χ3v) is 6.27. The van der Waals surface area contributed by atoms with Crippen molar-refractivity contribution in [3.8, 4) is 11.5 Å². The lowest BCUT2D eigenvalue weighted by Crippen LogP contribution is -2.28. The molecule has 0 radical (unpaired) electrons. The molecule has 1 aliphatic rings. The highest BCUT2D eigenvalue weighted by atomic mass is 127. The van der Waals surface area contributed by atoms with Gasteiger partial charge in [0.25, 0.3) is 5.91 Å². The number of carbonyl (C=O) groups is 2. The number of nitrogens with zero attached hydrogens (tertiary/aromatic N) is 2. The van der Waals surface area contributed by atoms with E-state index >= 15 is 0 Å². The second kappa shape index (κ2) is 10.9. The molecule has 0 bridgehead atoms. The van der Waals surface area contributed by atoms with Crippen LogP contribution in [-0.4, -0.2) is 46.8 Å². The Balaban J connectivity index is 1.93. The monoisotopic (exact) mass is 566 g/mol. The molecule has 7 nitrogen and oxygen atoms in total. The first kappa shape index (κ1) is 24.1. The van der Waals surface area contributed by atoms with Gasteiger partial charge in [0, 0.05) is 6.54 Å². The van der Waals surface area contributed by atoms with Gasteiger partial charge in [0.2, 0.25) is 0 Å². The van der Waals surface area contributed by atoms with Crippen LogP contribution in [0.25, 0.3) is 6.08 Å². The topological polar surface area (TPSA) is 88.4 Å². The Morgan fingerprint density at radius 3 is 2.44 bits per heavy atom. The standard InChI is InChI=1S/C23H23IN2O5S/c1-4-26-21(27)19(32-23(26)25-16-9-7-15(8-10-16)22(28)29)13-14-11-17(24)20(31-6-3)18(12-14)30-5-2/h7-13H,4-6H2,1-3H3,(H,28,29)/b19-13+,25-23?. The summed E-state index contributed by atoms with van der Waals surface area (Å²) in [4.78, 5) is 30.7. The normalized spacial score (nSPS) is 16.1. The van der Waals surface area contributed by atoms with Crippen LogP contribution in [0.1, 0.15) is 36.7 Å². The summed E-state index contributed by atoms with van der Waals surface area (Å²) in [6, 6.07) is 10.1. The van der Waals surface area contributed by atoms with Crippen LogP contribution >= 0.6 is 34.4 Å². The summed E-state index contributed by atoms with van der Waals surface area (Å²) in [5, 5.41) is 9.60. The molecule has 0 saturated carbocycles. The molecule has 1 aliphatic heterocycles. The van der Waals surface area contributed by atoms with Crippen LogP contribution in [0.4, 0.5) is 5.69 Å². The highest BCUT2D eigenvalue weighted by Gasteiger charge is 2.32. The molecule has 0 aromatic heterocycles. The number of hydrogen-bond acceptors (Lipinski definition) is 6. The van der Waals surface area contributed by atoms with E-state index in [1.54, 1.807) is 17.0 Å². The molecule has 168 valence electrons. The van der Waals surface area contributed by atoms with Crippen LogP contribution in [0, 0.1) is 3.57 Å². The lowest BCUT2D eigenvalue weighted by atomic mass is 10.2. The number of benzene rings is 2. The second-order valence-electron chi connectivity index (χ2n) is 6.60. The van der Waals surface area contributed by atoms with Crippen LogP contribution in [0.2, 0.25) is 0 Å². The molecule has 0 spiro atoms. The minimum Gasteiger partial charge on any atom is -0.490 e. The van der Waals surface area contributed by atoms with E-state index in [4.69, 9.17) is 14.6 Å². The first-order valence-electron chi connectivity index (χ1n) is 10.1. The molecular weight excluding hydrogens is 543 g/mol. The number of carboxylic acids is 1. The molecule has 0 unspecified atom stereocenters. The van der Waals surface area contributed by atoms with Gasteiger partial charge in [-0.25, -0.2) is 9.79 Å². The molecule has 0 atom stereocenters. The third-order valence-electron chi connectivity index (χ3n) is 4.46. The predicted molar refractivity (Wildman–Crippen MR) is 135 cm³/mol. The van der Waals surface area contributed by atoms with Crippen LogP contribution in [-0.2, 0) is 4.79 Å². The number of likely N-dealkylation sites (N-methyl/N-ethyl adjacent to an activating group) is 1. The van der Waals surface area contributed by atoms with Gasteiger partial charge >= 0.3 is 5.97 Å². The van der Waals surface area contributed by atoms with Crippen molar-refractivity contribution in [1.29, 1.82) is 0 Å². The van der Waals surface area contributed by atoms with Crippen molar-refractivity contribution in [2.75, 3.05) is 19.8 Å². The van der Waals surface area contributed by atoms with Crippen molar-refractivity contribution in [2.24, 2.45) is 4.99 Å². The number of hydrogen-bond donors (Lipinski definition) is 1. The number of amides is 1. The van der Waals surface area contributed by atoms with Crippen molar-refractivity contribution in [3.63, 3.8) is 0 Å². The summed E-state index contributed by atoms with van der Waals surface area (Å²) in [5.41, 5.74) is 1.60. The van der Waals surface area contributed by atoms with E-state index in [0.717, 1.165) is 9.13 Å². The van der Waals surface area contributed by atoms with Crippen LogP contribution < -0.4 is 9.47 Å². The van der Waals surface area contributed by atoms with E-state index in [-0.39, 0.29) is 11.5 Å². The Labute approximate surface area is 204 Å². The van der Waals surface area contributed by atoms with Gasteiger partial charge in [-0.2, -0.15) is 0 Å². The van der Waals surface area contributed by atoms with Crippen molar-refractivity contribution in [1.82, 2.24) is 4.90 Å². The number of rotatable bonds is 8. The molecule has 0 aliphatic carbocycles. The average molecular weight is 566 g/mol. The fraction of sp³-hybridized carbons (Fsp3) is 0.261. The molecule has 1 heterocycles. The van der Waals surface area contributed by atoms with E-state index in [1.807, 2.05) is 39.0 Å². The third kappa shape index (κ3) is 5.44. The zero-order valence-corrected chi connectivity index (χ0v) is 20.9. The van der Waals surface area contributed by atoms with Gasteiger partial charge in [-0.05, 0) is 103 Å². The minimum atomic E-state index is -0.994. The van der Waals surface area contributed by atoms with E-state index in [1.165, 1.54) is 23.9 Å². The molecule has 32 heavy (non-hydrogen) atoms. The SMILES string of the molecule is CCOc1cc(/C=C2/SC(=Nc3ccc(C(=O)O)cc3)N(CC)C2=O)cc(I)c1OCC. The molecular formula is C23H23IN2O5S. The van der Waals surface area contributed by atoms with Crippen molar-refractivity contribution in [2.45, 2.75) is 20.8 Å². The van der Waals surface area contributed by atoms with E-state index in [0.29, 0.717) is 47.0 Å². The fourth-order valence-electron chi connectivity index (χ4n) is 3.03. The number of aromatic carboxylic acids is 1. The summed E-state index contributed by atoms with van der Waals surface area (Å²) in [6.45, 7) is 7.23. The van der Waals surface area contributed by atoms with E-state index in [2.05, 4.69) is 27.6 Å². The number of ether oxygens (including phenoxy) is 2. The highest BCUT2D eigenvalue weighted by molar-refractivity contribution is 14.1. The van der Waals surface area contributed by atoms with Gasteiger partial charge < -0.3 is 14.6 Å². The van der Waals surface area contributed by atoms with Crippen molar-refractivity contribution >= 4 is 63.2 Å². The molecule has 2 aromatic carbocycles. The lowest BCUT2D eigenvalue weighted by molar-refractivity contribution is -0.122. The Hall–Kier alpha value is -2.53. The minimum absolute atomic E-state index is 0.125. The Bertz CT molecular complexity index is 1080. The summed E-state index contributed by atoms with van der Waals surface area (Å²) < 4.78 is 12.4. The maximum atomic E-state index is 13.0. The summed E-state index contributed by atoms with van der Waals surface area (Å²) in [5.74, 6) is 0.222. The molecule has 3 rings (SSSR count). The van der Waals surface area contributed by atoms with Gasteiger partial charge in [-0.15, -0.1) is 0 Å². The number of thioether (sulfide) groups is 1. The first-order chi connectivity index (χ1) is 15.4. The van der Waals surface area contributed by atoms with Crippen LogP contribution in [0.5, 0.6) is 11.5 Å². The summed E-state index contributed by atoms with van der Waals surface area (Å²) in [6.07, 6.45) is 1.83. The van der Waals surface area contributed by atoms with E-state index in [9.17, 15) is 9.59 Å². The Morgan fingerprint density at radius 1 is 1.16 bits per heavy atom. The van der Waals surface area contributed by atoms with Gasteiger partial charge in [0.05, 0.1) is 32.9 Å². The Morgan fingerprint density at radius 2 is 1.84 bits per heavy atom. The summed E-state index contributed by atoms with van der Waals surface area (Å²) >= 11 is 3.49. The molecule has 1 fully saturated rings. The molecule has 1 N–H and O–H groups in total. The van der Waals surface area contributed by atoms with Crippen LogP contribution in [0.3, 0.4) is 0 Å². The maximum absolute atomic E-state index is 13.0. The Kier molecular flexibility index (Phi) is 8.19. The average Bonchev–Trinajstić information content (AvgIpc) is 3.05. The maximum Gasteiger partial charge on any atom is 0.335 e. The number of halogens is 1. The lowest BCUT2D eigenvalue weighted by Gasteiger charge is -2.14. The second-order valence-corrected chi connectivity index (χ2v) is 8.77. The fourth-order valence-corrected chi connectivity index (χ4v) is 4.87. The molecule has 1 saturated heterocycles. The van der Waals surface area contributed by atoms with Gasteiger partial charge in [0.1, 0.15) is 0 Å². The zero-order chi connectivity index (χ0) is 23.3. The number of carbonyl (C=O) groups excluding carboxylic acids is 1. The number of amidine groups is 1. The van der Waals surface area contributed by atoms with Crippen molar-refractivity contribution in [3.05, 3.63) is 56.0 Å². The van der Waals surface area contributed by atoms with Gasteiger partial charge in [-0.3, -0.25) is 9.69 Å².